The number of rotatable bonds is 11. The number of aromatic nitrogens is 2. The van der Waals surface area contributed by atoms with Crippen molar-refractivity contribution in [3.05, 3.63) is 87.8 Å². The maximum Gasteiger partial charge on any atom is 0.261 e. The predicted molar refractivity (Wildman–Crippen MR) is 170 cm³/mol. The molecule has 10 nitrogen and oxygen atoms in total. The summed E-state index contributed by atoms with van der Waals surface area (Å²) in [5, 5.41) is 3.58. The number of pyridine rings is 2. The highest BCUT2D eigenvalue weighted by molar-refractivity contribution is 6.19. The zero-order valence-electron chi connectivity index (χ0n) is 26.3. The Kier molecular flexibility index (Phi) is 9.03. The van der Waals surface area contributed by atoms with Gasteiger partial charge in [-0.1, -0.05) is 26.0 Å². The molecule has 0 unspecified atom stereocenters. The minimum Gasteiger partial charge on any atom is -0.461 e. The van der Waals surface area contributed by atoms with Gasteiger partial charge in [-0.15, -0.1) is 0 Å². The van der Waals surface area contributed by atoms with Gasteiger partial charge in [0.15, 0.2) is 0 Å². The van der Waals surface area contributed by atoms with E-state index in [4.69, 9.17) is 9.15 Å². The van der Waals surface area contributed by atoms with Crippen molar-refractivity contribution >= 4 is 34.2 Å². The number of carbonyl (C=O) groups is 2. The van der Waals surface area contributed by atoms with E-state index in [1.54, 1.807) is 48.9 Å². The molecule has 0 spiro atoms. The second-order valence-corrected chi connectivity index (χ2v) is 12.4. The molecule has 4 aromatic rings. The van der Waals surface area contributed by atoms with E-state index >= 15 is 0 Å². The van der Waals surface area contributed by atoms with E-state index in [2.05, 4.69) is 29.0 Å². The first-order valence-electron chi connectivity index (χ1n) is 15.0. The molecule has 0 aliphatic carbocycles. The number of benzene rings is 1. The number of hydrogen-bond donors (Lipinski definition) is 1. The lowest BCUT2D eigenvalue weighted by Crippen LogP contribution is -2.46. The Morgan fingerprint density at radius 2 is 1.89 bits per heavy atom. The van der Waals surface area contributed by atoms with E-state index in [0.29, 0.717) is 67.4 Å². The lowest BCUT2D eigenvalue weighted by Gasteiger charge is -2.29. The summed E-state index contributed by atoms with van der Waals surface area (Å²) in [5.41, 5.74) is 3.46. The number of ether oxygens (including phenoxy) is 1. The van der Waals surface area contributed by atoms with E-state index in [0.717, 1.165) is 16.8 Å². The Balaban J connectivity index is 1.46. The van der Waals surface area contributed by atoms with Crippen LogP contribution in [0.1, 0.15) is 50.3 Å². The van der Waals surface area contributed by atoms with Gasteiger partial charge < -0.3 is 23.9 Å². The van der Waals surface area contributed by atoms with Gasteiger partial charge in [0, 0.05) is 52.2 Å². The molecular weight excluding hydrogens is 558 g/mol. The summed E-state index contributed by atoms with van der Waals surface area (Å²) in [4.78, 5) is 48.3. The lowest BCUT2D eigenvalue weighted by atomic mass is 9.90. The zero-order chi connectivity index (χ0) is 31.6. The van der Waals surface area contributed by atoms with E-state index < -0.39 is 5.41 Å². The van der Waals surface area contributed by atoms with Crippen LogP contribution < -0.4 is 15.8 Å². The summed E-state index contributed by atoms with van der Waals surface area (Å²) in [5.74, 6) is 0.383. The predicted octanol–water partition coefficient (Wildman–Crippen LogP) is 5.11. The van der Waals surface area contributed by atoms with Gasteiger partial charge in [0.25, 0.3) is 5.56 Å². The van der Waals surface area contributed by atoms with Crippen LogP contribution in [0.5, 0.6) is 0 Å². The number of anilines is 2. The van der Waals surface area contributed by atoms with Gasteiger partial charge in [-0.3, -0.25) is 24.3 Å². The SMILES string of the molecule is COCc1ncccc1CN(CCn1ccc2oc(C)cc2c1=O)Cc1ccc2c(c1)NC(=O)C(C)(C)C(=O)N2CC(C)C. The quantitative estimate of drug-likeness (QED) is 0.239. The summed E-state index contributed by atoms with van der Waals surface area (Å²) < 4.78 is 12.7. The van der Waals surface area contributed by atoms with Crippen molar-refractivity contribution in [2.45, 2.75) is 60.9 Å². The van der Waals surface area contributed by atoms with E-state index in [1.165, 1.54) is 0 Å². The van der Waals surface area contributed by atoms with E-state index in [9.17, 15) is 14.4 Å². The third kappa shape index (κ3) is 6.46. The monoisotopic (exact) mass is 599 g/mol. The van der Waals surface area contributed by atoms with Crippen LogP contribution in [0.3, 0.4) is 0 Å². The van der Waals surface area contributed by atoms with Crippen LogP contribution >= 0.6 is 0 Å². The molecule has 44 heavy (non-hydrogen) atoms. The fourth-order valence-corrected chi connectivity index (χ4v) is 5.61. The van der Waals surface area contributed by atoms with Crippen molar-refractivity contribution in [3.63, 3.8) is 0 Å². The Labute approximate surface area is 257 Å². The standard InChI is InChI=1S/C34H41N5O5/c1-22(2)18-39-29-10-9-24(17-27(29)36-32(41)34(4,5)33(39)42)19-37(20-25-8-7-12-35-28(25)21-43-6)14-15-38-13-11-30-26(31(38)40)16-23(3)44-30/h7-13,16-17,22H,14-15,18-21H2,1-6H3,(H,36,41). The Hall–Kier alpha value is -4.28. The van der Waals surface area contributed by atoms with Gasteiger partial charge in [0.1, 0.15) is 16.8 Å². The molecule has 232 valence electrons. The fraction of sp³-hybridized carbons (Fsp3) is 0.412. The topological polar surface area (TPSA) is 110 Å². The van der Waals surface area contributed by atoms with Crippen molar-refractivity contribution < 1.29 is 18.7 Å². The van der Waals surface area contributed by atoms with Crippen LogP contribution in [0, 0.1) is 18.3 Å². The molecule has 3 aromatic heterocycles. The molecule has 1 aromatic carbocycles. The number of nitrogens with zero attached hydrogens (tertiary/aromatic N) is 4. The number of aryl methyl sites for hydroxylation is 1. The molecule has 0 fully saturated rings. The largest absolute Gasteiger partial charge is 0.461 e. The van der Waals surface area contributed by atoms with Crippen LogP contribution in [0.25, 0.3) is 11.0 Å². The normalized spacial score (nSPS) is 14.8. The highest BCUT2D eigenvalue weighted by Crippen LogP contribution is 2.36. The second-order valence-electron chi connectivity index (χ2n) is 12.4. The first-order valence-corrected chi connectivity index (χ1v) is 15.0. The summed E-state index contributed by atoms with van der Waals surface area (Å²) >= 11 is 0. The highest BCUT2D eigenvalue weighted by atomic mass is 16.5. The molecule has 0 bridgehead atoms. The first kappa shape index (κ1) is 31.2. The van der Waals surface area contributed by atoms with Crippen molar-refractivity contribution in [1.82, 2.24) is 14.5 Å². The van der Waals surface area contributed by atoms with Gasteiger partial charge in [0.05, 0.1) is 29.1 Å². The van der Waals surface area contributed by atoms with Gasteiger partial charge >= 0.3 is 0 Å². The van der Waals surface area contributed by atoms with Crippen LogP contribution in [0.15, 0.2) is 64.1 Å². The molecular formula is C34H41N5O5. The Bertz CT molecular complexity index is 1740. The lowest BCUT2D eigenvalue weighted by molar-refractivity contribution is -0.136. The number of fused-ring (bicyclic) bond motifs is 2. The Morgan fingerprint density at radius 3 is 2.64 bits per heavy atom. The maximum atomic E-state index is 13.5. The number of methoxy groups -OCH3 is 1. The summed E-state index contributed by atoms with van der Waals surface area (Å²) in [6, 6.07) is 13.4. The van der Waals surface area contributed by atoms with Gasteiger partial charge in [-0.2, -0.15) is 0 Å². The second kappa shape index (κ2) is 12.8. The van der Waals surface area contributed by atoms with Crippen LogP contribution in [0.2, 0.25) is 0 Å². The third-order valence-corrected chi connectivity index (χ3v) is 8.00. The van der Waals surface area contributed by atoms with Gasteiger partial charge in [0.2, 0.25) is 11.8 Å². The van der Waals surface area contributed by atoms with Crippen LogP contribution in [-0.4, -0.2) is 46.5 Å². The molecule has 1 N–H and O–H groups in total. The first-order chi connectivity index (χ1) is 21.0. The number of carbonyl (C=O) groups excluding carboxylic acids is 2. The van der Waals surface area contributed by atoms with E-state index in [-0.39, 0.29) is 23.3 Å². The molecule has 0 saturated carbocycles. The molecule has 0 saturated heterocycles. The molecule has 4 heterocycles. The average molecular weight is 600 g/mol. The number of furan rings is 1. The maximum absolute atomic E-state index is 13.5. The number of hydrogen-bond acceptors (Lipinski definition) is 7. The van der Waals surface area contributed by atoms with Crippen LogP contribution in [-0.2, 0) is 40.6 Å². The van der Waals surface area contributed by atoms with Crippen LogP contribution in [0.4, 0.5) is 11.4 Å². The fourth-order valence-electron chi connectivity index (χ4n) is 5.61. The summed E-state index contributed by atoms with van der Waals surface area (Å²) in [6.07, 6.45) is 3.52. The van der Waals surface area contributed by atoms with Crippen molar-refractivity contribution in [3.8, 4) is 0 Å². The summed E-state index contributed by atoms with van der Waals surface area (Å²) in [6.45, 7) is 12.3. The molecule has 5 rings (SSSR count). The number of nitrogens with one attached hydrogen (secondary N) is 1. The number of amides is 2. The molecule has 1 aliphatic heterocycles. The molecule has 0 radical (unpaired) electrons. The van der Waals surface area contributed by atoms with Crippen molar-refractivity contribution in [2.24, 2.45) is 11.3 Å². The van der Waals surface area contributed by atoms with E-state index in [1.807, 2.05) is 43.3 Å². The minimum atomic E-state index is -1.19. The molecule has 0 atom stereocenters. The van der Waals surface area contributed by atoms with Crippen molar-refractivity contribution in [2.75, 3.05) is 30.4 Å². The molecule has 2 amide bonds. The summed E-state index contributed by atoms with van der Waals surface area (Å²) in [7, 11) is 1.65. The van der Waals surface area contributed by atoms with Gasteiger partial charge in [-0.25, -0.2) is 0 Å². The zero-order valence-corrected chi connectivity index (χ0v) is 26.3. The molecule has 10 heteroatoms. The minimum absolute atomic E-state index is 0.0916. The Morgan fingerprint density at radius 1 is 1.09 bits per heavy atom. The smallest absolute Gasteiger partial charge is 0.261 e. The highest BCUT2D eigenvalue weighted by Gasteiger charge is 2.43. The van der Waals surface area contributed by atoms with Crippen molar-refractivity contribution in [1.29, 1.82) is 0 Å². The van der Waals surface area contributed by atoms with Gasteiger partial charge in [-0.05, 0) is 68.1 Å². The third-order valence-electron chi connectivity index (χ3n) is 8.00. The average Bonchev–Trinajstić information content (AvgIpc) is 3.35. The molecule has 1 aliphatic rings.